The first-order valence-electron chi connectivity index (χ1n) is 35.7. The Bertz CT molecular complexity index is 1840. The van der Waals surface area contributed by atoms with Crippen LogP contribution < -0.4 is 0 Å². The molecule has 0 rings (SSSR count). The molecule has 0 radical (unpaired) electrons. The number of unbranched alkanes of at least 4 members (excludes halogenated alkanes) is 30. The van der Waals surface area contributed by atoms with E-state index >= 15 is 0 Å². The molecule has 0 saturated carbocycles. The van der Waals surface area contributed by atoms with Crippen molar-refractivity contribution in [2.75, 3.05) is 39.6 Å². The molecular weight excluding hydrogens is 1170 g/mol. The van der Waals surface area contributed by atoms with Gasteiger partial charge in [0.15, 0.2) is 12.2 Å². The Balaban J connectivity index is 5.28. The molecule has 89 heavy (non-hydrogen) atoms. The van der Waals surface area contributed by atoms with Crippen LogP contribution in [0.1, 0.15) is 325 Å². The van der Waals surface area contributed by atoms with Gasteiger partial charge in [0, 0.05) is 25.7 Å². The molecule has 4 unspecified atom stereocenters. The van der Waals surface area contributed by atoms with Gasteiger partial charge in [-0.05, 0) is 69.1 Å². The molecule has 0 heterocycles. The van der Waals surface area contributed by atoms with E-state index in [1.165, 1.54) is 116 Å². The van der Waals surface area contributed by atoms with Gasteiger partial charge in [-0.25, -0.2) is 9.13 Å². The molecule has 0 aliphatic carbocycles. The Hall–Kier alpha value is -2.46. The molecule has 0 bridgehead atoms. The van der Waals surface area contributed by atoms with Gasteiger partial charge in [-0.15, -0.1) is 0 Å². The normalized spacial score (nSPS) is 14.7. The van der Waals surface area contributed by atoms with Crippen LogP contribution in [0.5, 0.6) is 0 Å². The number of carbonyl (C=O) groups is 4. The number of aliphatic hydroxyl groups is 1. The first kappa shape index (κ1) is 86.5. The smallest absolute Gasteiger partial charge is 0.462 e. The summed E-state index contributed by atoms with van der Waals surface area (Å²) in [5.74, 6) is 0.0311. The summed E-state index contributed by atoms with van der Waals surface area (Å²) < 4.78 is 68.2. The highest BCUT2D eigenvalue weighted by Gasteiger charge is 2.30. The van der Waals surface area contributed by atoms with E-state index in [0.29, 0.717) is 31.6 Å². The van der Waals surface area contributed by atoms with Crippen molar-refractivity contribution in [3.63, 3.8) is 0 Å². The zero-order chi connectivity index (χ0) is 65.9. The summed E-state index contributed by atoms with van der Waals surface area (Å²) in [6.45, 7) is 11.7. The minimum Gasteiger partial charge on any atom is -0.462 e. The van der Waals surface area contributed by atoms with Gasteiger partial charge in [0.2, 0.25) is 0 Å². The number of esters is 4. The number of phosphoric acid groups is 2. The number of ether oxygens (including phenoxy) is 4. The van der Waals surface area contributed by atoms with Gasteiger partial charge in [-0.2, -0.15) is 0 Å². The topological polar surface area (TPSA) is 237 Å². The number of phosphoric ester groups is 2. The van der Waals surface area contributed by atoms with Crippen LogP contribution in [0.25, 0.3) is 0 Å². The van der Waals surface area contributed by atoms with Gasteiger partial charge in [-0.3, -0.25) is 37.3 Å². The molecule has 6 atom stereocenters. The number of rotatable bonds is 66. The average Bonchev–Trinajstić information content (AvgIpc) is 3.57. The number of allylic oxidation sites excluding steroid dienone is 4. The van der Waals surface area contributed by atoms with Gasteiger partial charge < -0.3 is 33.8 Å². The van der Waals surface area contributed by atoms with E-state index in [9.17, 15) is 43.2 Å². The highest BCUT2D eigenvalue weighted by atomic mass is 31.2. The van der Waals surface area contributed by atoms with Crippen LogP contribution in [-0.2, 0) is 65.4 Å². The quantitative estimate of drug-likeness (QED) is 0.0169. The lowest BCUT2D eigenvalue weighted by Crippen LogP contribution is -2.30. The molecule has 0 aromatic rings. The fourth-order valence-electron chi connectivity index (χ4n) is 9.97. The van der Waals surface area contributed by atoms with Crippen molar-refractivity contribution in [3.05, 3.63) is 24.3 Å². The second-order valence-electron chi connectivity index (χ2n) is 25.8. The van der Waals surface area contributed by atoms with E-state index in [4.69, 9.17) is 37.0 Å². The second kappa shape index (κ2) is 60.5. The van der Waals surface area contributed by atoms with E-state index < -0.39 is 97.5 Å². The lowest BCUT2D eigenvalue weighted by Gasteiger charge is -2.21. The SMILES string of the molecule is CCCCCC/C=C\C=C/CCCCCCCC(=O)OC[C@H](COP(=O)(O)OCC(O)COP(=O)(O)OC[C@@H](COC(=O)CCCCCCCCCCC(C)C)OC(=O)CCCCCCCCCCCCC(C)C)OC(=O)CCCCCCCCC(C)CC. The van der Waals surface area contributed by atoms with Gasteiger partial charge >= 0.3 is 39.5 Å². The Kier molecular flexibility index (Phi) is 58.8. The molecule has 0 aliphatic heterocycles. The number of hydrogen-bond donors (Lipinski definition) is 3. The lowest BCUT2D eigenvalue weighted by molar-refractivity contribution is -0.161. The summed E-state index contributed by atoms with van der Waals surface area (Å²) in [4.78, 5) is 72.5. The van der Waals surface area contributed by atoms with Crippen LogP contribution in [0.2, 0.25) is 0 Å². The third kappa shape index (κ3) is 62.7. The number of hydrogen-bond acceptors (Lipinski definition) is 15. The van der Waals surface area contributed by atoms with E-state index in [2.05, 4.69) is 72.8 Å². The van der Waals surface area contributed by atoms with E-state index in [1.54, 1.807) is 0 Å². The maximum atomic E-state index is 13.0. The summed E-state index contributed by atoms with van der Waals surface area (Å²) in [7, 11) is -9.91. The van der Waals surface area contributed by atoms with Crippen LogP contribution in [0.3, 0.4) is 0 Å². The maximum Gasteiger partial charge on any atom is 0.472 e. The Morgan fingerprint density at radius 2 is 0.663 bits per heavy atom. The third-order valence-corrected chi connectivity index (χ3v) is 17.8. The zero-order valence-electron chi connectivity index (χ0n) is 57.4. The largest absolute Gasteiger partial charge is 0.472 e. The second-order valence-corrected chi connectivity index (χ2v) is 28.7. The Morgan fingerprint density at radius 1 is 0.371 bits per heavy atom. The third-order valence-electron chi connectivity index (χ3n) is 15.9. The molecule has 524 valence electrons. The van der Waals surface area contributed by atoms with Crippen LogP contribution in [-0.4, -0.2) is 96.7 Å². The maximum absolute atomic E-state index is 13.0. The fraction of sp³-hybridized carbons (Fsp3) is 0.886. The van der Waals surface area contributed by atoms with E-state index in [1.807, 2.05) is 0 Å². The predicted molar refractivity (Wildman–Crippen MR) is 358 cm³/mol. The van der Waals surface area contributed by atoms with Crippen molar-refractivity contribution in [1.82, 2.24) is 0 Å². The summed E-state index contributed by atoms with van der Waals surface area (Å²) in [6.07, 6.45) is 46.7. The van der Waals surface area contributed by atoms with Crippen LogP contribution in [0.15, 0.2) is 24.3 Å². The molecule has 0 aromatic heterocycles. The summed E-state index contributed by atoms with van der Waals surface area (Å²) in [5, 5.41) is 10.6. The predicted octanol–water partition coefficient (Wildman–Crippen LogP) is 19.4. The molecule has 0 spiro atoms. The van der Waals surface area contributed by atoms with Crippen LogP contribution >= 0.6 is 15.6 Å². The van der Waals surface area contributed by atoms with Crippen molar-refractivity contribution in [2.45, 2.75) is 343 Å². The summed E-state index contributed by atoms with van der Waals surface area (Å²) in [6, 6.07) is 0. The molecule has 19 heteroatoms. The molecule has 0 aromatic carbocycles. The van der Waals surface area contributed by atoms with Gasteiger partial charge in [0.25, 0.3) is 0 Å². The van der Waals surface area contributed by atoms with E-state index in [0.717, 1.165) is 121 Å². The van der Waals surface area contributed by atoms with Crippen molar-refractivity contribution in [3.8, 4) is 0 Å². The van der Waals surface area contributed by atoms with Crippen LogP contribution in [0, 0.1) is 17.8 Å². The van der Waals surface area contributed by atoms with Gasteiger partial charge in [0.05, 0.1) is 26.4 Å². The molecular formula is C70H132O17P2. The molecule has 0 aliphatic rings. The summed E-state index contributed by atoms with van der Waals surface area (Å²) in [5.41, 5.74) is 0. The molecule has 17 nitrogen and oxygen atoms in total. The van der Waals surface area contributed by atoms with Gasteiger partial charge in [0.1, 0.15) is 19.3 Å². The average molecular weight is 1310 g/mol. The van der Waals surface area contributed by atoms with Crippen molar-refractivity contribution < 1.29 is 80.2 Å². The standard InChI is InChI=1S/C70H132O17P2/c1-8-10-11-12-13-14-15-16-17-18-19-23-29-37-44-51-67(72)80-58-66(87-70(75)54-47-40-33-32-36-43-50-63(7)9-2)60-85-89(78,79)83-56-64(71)55-82-88(76,77)84-59-65(57-81-68(73)52-45-38-30-26-25-28-35-42-49-62(5)6)86-69(74)53-46-39-31-24-21-20-22-27-34-41-48-61(3)4/h14-17,61-66,71H,8-13,18-60H2,1-7H3,(H,76,77)(H,78,79)/b15-14-,17-16-/t63?,64?,65-,66-/m1/s1. The molecule has 0 fully saturated rings. The van der Waals surface area contributed by atoms with Gasteiger partial charge in [-0.1, -0.05) is 272 Å². The molecule has 0 amide bonds. The lowest BCUT2D eigenvalue weighted by atomic mass is 10.00. The van der Waals surface area contributed by atoms with Crippen molar-refractivity contribution >= 4 is 39.5 Å². The molecule has 0 saturated heterocycles. The minimum absolute atomic E-state index is 0.0957. The Labute approximate surface area is 542 Å². The first-order valence-corrected chi connectivity index (χ1v) is 38.7. The highest BCUT2D eigenvalue weighted by Crippen LogP contribution is 2.45. The van der Waals surface area contributed by atoms with Crippen molar-refractivity contribution in [1.29, 1.82) is 0 Å². The highest BCUT2D eigenvalue weighted by molar-refractivity contribution is 7.47. The first-order chi connectivity index (χ1) is 42.8. The van der Waals surface area contributed by atoms with Crippen molar-refractivity contribution in [2.24, 2.45) is 17.8 Å². The monoisotopic (exact) mass is 1310 g/mol. The van der Waals surface area contributed by atoms with Crippen LogP contribution in [0.4, 0.5) is 0 Å². The van der Waals surface area contributed by atoms with E-state index in [-0.39, 0.29) is 25.7 Å². The Morgan fingerprint density at radius 3 is 1.00 bits per heavy atom. The summed E-state index contributed by atoms with van der Waals surface area (Å²) >= 11 is 0. The molecule has 3 N–H and O–H groups in total. The minimum atomic E-state index is -4.96. The zero-order valence-corrected chi connectivity index (χ0v) is 59.2. The number of aliphatic hydroxyl groups excluding tert-OH is 1. The fourth-order valence-corrected chi connectivity index (χ4v) is 11.5. The number of carbonyl (C=O) groups excluding carboxylic acids is 4.